The molecular formula is C14H28ClN3O2. The zero-order valence-electron chi connectivity index (χ0n) is 12.5. The van der Waals surface area contributed by atoms with E-state index in [1.54, 1.807) is 0 Å². The van der Waals surface area contributed by atoms with E-state index in [9.17, 15) is 9.59 Å². The molecule has 0 aliphatic heterocycles. The lowest BCUT2D eigenvalue weighted by atomic mass is 10.1. The molecule has 118 valence electrons. The number of rotatable bonds is 8. The summed E-state index contributed by atoms with van der Waals surface area (Å²) in [5, 5.41) is 8.83. The molecule has 1 aliphatic carbocycles. The minimum absolute atomic E-state index is 0. The summed E-state index contributed by atoms with van der Waals surface area (Å²) in [5.74, 6) is 0.296. The van der Waals surface area contributed by atoms with E-state index in [1.807, 2.05) is 14.0 Å². The monoisotopic (exact) mass is 305 g/mol. The van der Waals surface area contributed by atoms with Gasteiger partial charge in [-0.05, 0) is 39.8 Å². The molecule has 6 heteroatoms. The van der Waals surface area contributed by atoms with Crippen LogP contribution in [0.1, 0.15) is 45.4 Å². The number of carbonyl (C=O) groups excluding carboxylic acids is 2. The Hall–Kier alpha value is -0.810. The average Bonchev–Trinajstić information content (AvgIpc) is 2.88. The Bertz CT molecular complexity index is 294. The molecule has 0 aromatic rings. The van der Waals surface area contributed by atoms with Gasteiger partial charge >= 0.3 is 0 Å². The van der Waals surface area contributed by atoms with Crippen molar-refractivity contribution < 1.29 is 9.59 Å². The molecule has 0 spiro atoms. The average molecular weight is 306 g/mol. The number of hydrogen-bond acceptors (Lipinski definition) is 3. The first-order valence-electron chi connectivity index (χ1n) is 7.35. The van der Waals surface area contributed by atoms with Crippen molar-refractivity contribution in [1.29, 1.82) is 0 Å². The van der Waals surface area contributed by atoms with Gasteiger partial charge in [0.1, 0.15) is 0 Å². The third-order valence-electron chi connectivity index (χ3n) is 3.53. The second kappa shape index (κ2) is 10.9. The van der Waals surface area contributed by atoms with Crippen molar-refractivity contribution in [3.05, 3.63) is 0 Å². The van der Waals surface area contributed by atoms with Crippen LogP contribution in [-0.2, 0) is 9.59 Å². The minimum Gasteiger partial charge on any atom is -0.356 e. The lowest BCUT2D eigenvalue weighted by Gasteiger charge is -2.16. The molecule has 3 N–H and O–H groups in total. The Kier molecular flexibility index (Phi) is 10.5. The van der Waals surface area contributed by atoms with Gasteiger partial charge in [0.25, 0.3) is 0 Å². The van der Waals surface area contributed by atoms with Crippen LogP contribution in [0.4, 0.5) is 0 Å². The molecule has 2 amide bonds. The molecule has 0 radical (unpaired) electrons. The summed E-state index contributed by atoms with van der Waals surface area (Å²) in [7, 11) is 1.89. The maximum absolute atomic E-state index is 11.9. The number of hydrogen-bond donors (Lipinski definition) is 3. The molecule has 0 aromatic carbocycles. The first-order valence-corrected chi connectivity index (χ1v) is 7.35. The van der Waals surface area contributed by atoms with E-state index in [2.05, 4.69) is 16.0 Å². The van der Waals surface area contributed by atoms with E-state index in [4.69, 9.17) is 0 Å². The Morgan fingerprint density at radius 3 is 2.45 bits per heavy atom. The zero-order valence-corrected chi connectivity index (χ0v) is 13.4. The van der Waals surface area contributed by atoms with E-state index in [0.717, 1.165) is 38.6 Å². The van der Waals surface area contributed by atoms with Crippen molar-refractivity contribution >= 4 is 24.2 Å². The van der Waals surface area contributed by atoms with Crippen molar-refractivity contribution in [2.45, 2.75) is 51.5 Å². The Morgan fingerprint density at radius 1 is 1.20 bits per heavy atom. The van der Waals surface area contributed by atoms with Gasteiger partial charge in [0, 0.05) is 24.9 Å². The first-order chi connectivity index (χ1) is 9.13. The van der Waals surface area contributed by atoms with Gasteiger partial charge in [0.15, 0.2) is 0 Å². The molecule has 1 aliphatic rings. The van der Waals surface area contributed by atoms with Crippen molar-refractivity contribution in [3.8, 4) is 0 Å². The van der Waals surface area contributed by atoms with Crippen LogP contribution < -0.4 is 16.0 Å². The van der Waals surface area contributed by atoms with Gasteiger partial charge in [0.05, 0.1) is 0 Å². The van der Waals surface area contributed by atoms with Crippen LogP contribution >= 0.6 is 12.4 Å². The zero-order chi connectivity index (χ0) is 14.1. The highest BCUT2D eigenvalue weighted by Gasteiger charge is 2.23. The van der Waals surface area contributed by atoms with Crippen LogP contribution in [0.15, 0.2) is 0 Å². The van der Waals surface area contributed by atoms with Crippen molar-refractivity contribution in [3.63, 3.8) is 0 Å². The fraction of sp³-hybridized carbons (Fsp3) is 0.857. The lowest BCUT2D eigenvalue weighted by Crippen LogP contribution is -2.40. The molecule has 0 saturated heterocycles. The van der Waals surface area contributed by atoms with E-state index in [0.29, 0.717) is 13.0 Å². The molecule has 1 atom stereocenters. The third kappa shape index (κ3) is 7.70. The standard InChI is InChI=1S/C14H27N3O2.ClH/c1-11(10-13(18)16-9-5-8-15-2)17-14(19)12-6-3-4-7-12;/h11-12,15H,3-10H2,1-2H3,(H,16,18)(H,17,19);1H. The summed E-state index contributed by atoms with van der Waals surface area (Å²) in [5.41, 5.74) is 0. The predicted octanol–water partition coefficient (Wildman–Crippen LogP) is 1.22. The van der Waals surface area contributed by atoms with Crippen LogP contribution in [0, 0.1) is 5.92 Å². The fourth-order valence-corrected chi connectivity index (χ4v) is 2.44. The lowest BCUT2D eigenvalue weighted by molar-refractivity contribution is -0.126. The highest BCUT2D eigenvalue weighted by Crippen LogP contribution is 2.24. The van der Waals surface area contributed by atoms with Crippen molar-refractivity contribution in [1.82, 2.24) is 16.0 Å². The van der Waals surface area contributed by atoms with Crippen LogP contribution in [0.2, 0.25) is 0 Å². The molecule has 20 heavy (non-hydrogen) atoms. The maximum Gasteiger partial charge on any atom is 0.223 e. The molecule has 0 heterocycles. The molecular weight excluding hydrogens is 278 g/mol. The highest BCUT2D eigenvalue weighted by atomic mass is 35.5. The van der Waals surface area contributed by atoms with Crippen molar-refractivity contribution in [2.75, 3.05) is 20.1 Å². The van der Waals surface area contributed by atoms with Crippen LogP contribution in [-0.4, -0.2) is 38.0 Å². The van der Waals surface area contributed by atoms with Gasteiger partial charge < -0.3 is 16.0 Å². The van der Waals surface area contributed by atoms with Gasteiger partial charge in [-0.3, -0.25) is 9.59 Å². The quantitative estimate of drug-likeness (QED) is 0.591. The predicted molar refractivity (Wildman–Crippen MR) is 83.0 cm³/mol. The van der Waals surface area contributed by atoms with E-state index < -0.39 is 0 Å². The van der Waals surface area contributed by atoms with E-state index >= 15 is 0 Å². The van der Waals surface area contributed by atoms with Crippen LogP contribution in [0.25, 0.3) is 0 Å². The number of amides is 2. The van der Waals surface area contributed by atoms with Gasteiger partial charge in [0.2, 0.25) is 11.8 Å². The van der Waals surface area contributed by atoms with Gasteiger partial charge in [-0.2, -0.15) is 0 Å². The first kappa shape index (κ1) is 19.2. The molecule has 0 bridgehead atoms. The smallest absolute Gasteiger partial charge is 0.223 e. The molecule has 5 nitrogen and oxygen atoms in total. The summed E-state index contributed by atoms with van der Waals surface area (Å²) in [6, 6.07) is -0.0857. The second-order valence-electron chi connectivity index (χ2n) is 5.40. The SMILES string of the molecule is CNCCCNC(=O)CC(C)NC(=O)C1CCCC1.Cl. The van der Waals surface area contributed by atoms with Crippen LogP contribution in [0.5, 0.6) is 0 Å². The number of carbonyl (C=O) groups is 2. The summed E-state index contributed by atoms with van der Waals surface area (Å²) in [6.45, 7) is 3.47. The van der Waals surface area contributed by atoms with Gasteiger partial charge in [-0.25, -0.2) is 0 Å². The van der Waals surface area contributed by atoms with Crippen molar-refractivity contribution in [2.24, 2.45) is 5.92 Å². The Morgan fingerprint density at radius 2 is 1.85 bits per heavy atom. The van der Waals surface area contributed by atoms with Gasteiger partial charge in [-0.1, -0.05) is 12.8 Å². The summed E-state index contributed by atoms with van der Waals surface area (Å²) >= 11 is 0. The molecule has 1 rings (SSSR count). The summed E-state index contributed by atoms with van der Waals surface area (Å²) in [6.07, 6.45) is 5.57. The summed E-state index contributed by atoms with van der Waals surface area (Å²) < 4.78 is 0. The van der Waals surface area contributed by atoms with E-state index in [-0.39, 0.29) is 36.2 Å². The fourth-order valence-electron chi connectivity index (χ4n) is 2.44. The molecule has 1 saturated carbocycles. The molecule has 0 aromatic heterocycles. The largest absolute Gasteiger partial charge is 0.356 e. The second-order valence-corrected chi connectivity index (χ2v) is 5.40. The molecule has 1 unspecified atom stereocenters. The van der Waals surface area contributed by atoms with Gasteiger partial charge in [-0.15, -0.1) is 12.4 Å². The highest BCUT2D eigenvalue weighted by molar-refractivity contribution is 5.85. The third-order valence-corrected chi connectivity index (χ3v) is 3.53. The Balaban J connectivity index is 0.00000361. The maximum atomic E-state index is 11.9. The number of halogens is 1. The topological polar surface area (TPSA) is 70.2 Å². The summed E-state index contributed by atoms with van der Waals surface area (Å²) in [4.78, 5) is 23.5. The van der Waals surface area contributed by atoms with Crippen LogP contribution in [0.3, 0.4) is 0 Å². The minimum atomic E-state index is -0.0857. The Labute approximate surface area is 128 Å². The van der Waals surface area contributed by atoms with E-state index in [1.165, 1.54) is 0 Å². The molecule has 1 fully saturated rings. The number of nitrogens with one attached hydrogen (secondary N) is 3. The normalized spacial score (nSPS) is 16.3.